The van der Waals surface area contributed by atoms with Gasteiger partial charge in [0.05, 0.1) is 17.0 Å². The summed E-state index contributed by atoms with van der Waals surface area (Å²) >= 11 is 0. The van der Waals surface area contributed by atoms with E-state index in [-0.39, 0.29) is 11.3 Å². The second-order valence-corrected chi connectivity index (χ2v) is 7.94. The Labute approximate surface area is 146 Å². The van der Waals surface area contributed by atoms with Crippen LogP contribution in [0.25, 0.3) is 10.9 Å². The van der Waals surface area contributed by atoms with Gasteiger partial charge >= 0.3 is 0 Å². The van der Waals surface area contributed by atoms with E-state index >= 15 is 0 Å². The fraction of sp³-hybridized carbons (Fsp3) is 0.211. The summed E-state index contributed by atoms with van der Waals surface area (Å²) in [6.07, 6.45) is 1.26. The van der Waals surface area contributed by atoms with E-state index in [4.69, 9.17) is 0 Å². The van der Waals surface area contributed by atoms with Crippen LogP contribution in [0.4, 0.5) is 5.69 Å². The van der Waals surface area contributed by atoms with E-state index in [2.05, 4.69) is 9.71 Å². The summed E-state index contributed by atoms with van der Waals surface area (Å²) in [5.41, 5.74) is 2.64. The van der Waals surface area contributed by atoms with Gasteiger partial charge in [-0.3, -0.25) is 9.52 Å². The molecule has 130 valence electrons. The number of pyridine rings is 1. The number of aromatic amines is 1. The fourth-order valence-electron chi connectivity index (χ4n) is 2.72. The van der Waals surface area contributed by atoms with Gasteiger partial charge < -0.3 is 4.98 Å². The molecule has 0 aliphatic rings. The van der Waals surface area contributed by atoms with E-state index in [1.807, 2.05) is 30.3 Å². The molecule has 0 saturated carbocycles. The zero-order chi connectivity index (χ0) is 17.9. The molecule has 3 aromatic rings. The highest BCUT2D eigenvalue weighted by Gasteiger charge is 2.11. The summed E-state index contributed by atoms with van der Waals surface area (Å²) in [6, 6.07) is 16.7. The predicted octanol–water partition coefficient (Wildman–Crippen LogP) is 3.21. The van der Waals surface area contributed by atoms with E-state index in [1.165, 1.54) is 0 Å². The largest absolute Gasteiger partial charge is 0.322 e. The molecule has 0 saturated heterocycles. The molecule has 0 radical (unpaired) electrons. The van der Waals surface area contributed by atoms with Crippen LogP contribution in [0.1, 0.15) is 17.5 Å². The number of H-pyrrole nitrogens is 1. The third kappa shape index (κ3) is 4.48. The van der Waals surface area contributed by atoms with Gasteiger partial charge in [-0.15, -0.1) is 0 Å². The van der Waals surface area contributed by atoms with Crippen LogP contribution in [0.5, 0.6) is 0 Å². The Hall–Kier alpha value is -2.60. The van der Waals surface area contributed by atoms with E-state index in [0.717, 1.165) is 10.9 Å². The van der Waals surface area contributed by atoms with Crippen molar-refractivity contribution in [1.82, 2.24) is 4.98 Å². The first-order valence-corrected chi connectivity index (χ1v) is 9.76. The highest BCUT2D eigenvalue weighted by Crippen LogP contribution is 2.18. The fourth-order valence-corrected chi connectivity index (χ4v) is 3.83. The van der Waals surface area contributed by atoms with E-state index in [9.17, 15) is 13.2 Å². The molecular formula is C19H20N2O3S. The van der Waals surface area contributed by atoms with Gasteiger partial charge in [-0.1, -0.05) is 36.4 Å². The van der Waals surface area contributed by atoms with Gasteiger partial charge in [0, 0.05) is 5.56 Å². The van der Waals surface area contributed by atoms with Crippen molar-refractivity contribution in [3.63, 3.8) is 0 Å². The summed E-state index contributed by atoms with van der Waals surface area (Å²) in [5.74, 6) is 0.0460. The van der Waals surface area contributed by atoms with Crippen molar-refractivity contribution in [2.75, 3.05) is 10.5 Å². The maximum absolute atomic E-state index is 12.3. The first-order chi connectivity index (χ1) is 11.9. The van der Waals surface area contributed by atoms with Crippen molar-refractivity contribution < 1.29 is 8.42 Å². The number of hydrogen-bond donors (Lipinski definition) is 2. The van der Waals surface area contributed by atoms with Gasteiger partial charge in [0.2, 0.25) is 10.0 Å². The van der Waals surface area contributed by atoms with E-state index < -0.39 is 10.0 Å². The maximum atomic E-state index is 12.3. The Morgan fingerprint density at radius 1 is 1.04 bits per heavy atom. The molecule has 1 heterocycles. The number of nitrogens with one attached hydrogen (secondary N) is 2. The topological polar surface area (TPSA) is 79.0 Å². The van der Waals surface area contributed by atoms with Crippen LogP contribution >= 0.6 is 0 Å². The zero-order valence-corrected chi connectivity index (χ0v) is 14.8. The van der Waals surface area contributed by atoms with Crippen LogP contribution in [0, 0.1) is 6.92 Å². The summed E-state index contributed by atoms with van der Waals surface area (Å²) in [6.45, 7) is 1.74. The second kappa shape index (κ2) is 7.11. The Morgan fingerprint density at radius 2 is 1.80 bits per heavy atom. The second-order valence-electron chi connectivity index (χ2n) is 6.09. The van der Waals surface area contributed by atoms with Gasteiger partial charge in [0.25, 0.3) is 5.56 Å². The van der Waals surface area contributed by atoms with Gasteiger partial charge in [-0.25, -0.2) is 8.42 Å². The maximum Gasteiger partial charge on any atom is 0.251 e. The lowest BCUT2D eigenvalue weighted by molar-refractivity contribution is 0.598. The number of aromatic nitrogens is 1. The lowest BCUT2D eigenvalue weighted by atomic mass is 10.1. The van der Waals surface area contributed by atoms with Crippen molar-refractivity contribution in [3.05, 3.63) is 76.1 Å². The lowest BCUT2D eigenvalue weighted by Crippen LogP contribution is -2.17. The Kier molecular flexibility index (Phi) is 4.90. The molecule has 6 heteroatoms. The quantitative estimate of drug-likeness (QED) is 0.712. The molecule has 0 fully saturated rings. The summed E-state index contributed by atoms with van der Waals surface area (Å²) in [5, 5.41) is 0.865. The van der Waals surface area contributed by atoms with Crippen molar-refractivity contribution in [3.8, 4) is 0 Å². The van der Waals surface area contributed by atoms with Crippen LogP contribution in [-0.4, -0.2) is 19.2 Å². The minimum absolute atomic E-state index is 0.0460. The Balaban J connectivity index is 1.69. The van der Waals surface area contributed by atoms with E-state index in [0.29, 0.717) is 29.6 Å². The van der Waals surface area contributed by atoms with Crippen LogP contribution in [0.15, 0.2) is 59.4 Å². The van der Waals surface area contributed by atoms with Gasteiger partial charge in [0.1, 0.15) is 0 Å². The molecule has 0 aliphatic heterocycles. The SMILES string of the molecule is Cc1cc2ccc(NS(=O)(=O)CCCc3ccccc3)cc2[nH]c1=O. The number of rotatable bonds is 6. The molecule has 0 aliphatic carbocycles. The highest BCUT2D eigenvalue weighted by molar-refractivity contribution is 7.92. The number of anilines is 1. The number of sulfonamides is 1. The highest BCUT2D eigenvalue weighted by atomic mass is 32.2. The number of hydrogen-bond acceptors (Lipinski definition) is 3. The van der Waals surface area contributed by atoms with Crippen molar-refractivity contribution >= 4 is 26.6 Å². The molecule has 0 amide bonds. The summed E-state index contributed by atoms with van der Waals surface area (Å²) in [4.78, 5) is 14.5. The lowest BCUT2D eigenvalue weighted by Gasteiger charge is -2.09. The van der Waals surface area contributed by atoms with Crippen molar-refractivity contribution in [2.45, 2.75) is 19.8 Å². The monoisotopic (exact) mass is 356 g/mol. The zero-order valence-electron chi connectivity index (χ0n) is 14.0. The average Bonchev–Trinajstić information content (AvgIpc) is 2.57. The predicted molar refractivity (Wildman–Crippen MR) is 101 cm³/mol. The summed E-state index contributed by atoms with van der Waals surface area (Å²) < 4.78 is 27.1. The van der Waals surface area contributed by atoms with Gasteiger partial charge in [0.15, 0.2) is 0 Å². The molecule has 0 bridgehead atoms. The van der Waals surface area contributed by atoms with Gasteiger partial charge in [-0.2, -0.15) is 0 Å². The Bertz CT molecular complexity index is 1040. The van der Waals surface area contributed by atoms with Crippen LogP contribution in [-0.2, 0) is 16.4 Å². The van der Waals surface area contributed by atoms with E-state index in [1.54, 1.807) is 31.2 Å². The molecule has 0 unspecified atom stereocenters. The molecule has 0 spiro atoms. The normalized spacial score (nSPS) is 11.6. The van der Waals surface area contributed by atoms with Crippen LogP contribution in [0.2, 0.25) is 0 Å². The first-order valence-electron chi connectivity index (χ1n) is 8.11. The van der Waals surface area contributed by atoms with Crippen LogP contribution in [0.3, 0.4) is 0 Å². The summed E-state index contributed by atoms with van der Waals surface area (Å²) in [7, 11) is -3.43. The molecule has 1 aromatic heterocycles. The van der Waals surface area contributed by atoms with Gasteiger partial charge in [-0.05, 0) is 48.9 Å². The average molecular weight is 356 g/mol. The first kappa shape index (κ1) is 17.2. The Morgan fingerprint density at radius 3 is 2.56 bits per heavy atom. The van der Waals surface area contributed by atoms with Crippen molar-refractivity contribution in [2.24, 2.45) is 0 Å². The number of benzene rings is 2. The van der Waals surface area contributed by atoms with Crippen LogP contribution < -0.4 is 10.3 Å². The number of aryl methyl sites for hydroxylation is 2. The third-order valence-electron chi connectivity index (χ3n) is 4.03. The molecular weight excluding hydrogens is 336 g/mol. The molecule has 2 N–H and O–H groups in total. The molecule has 2 aromatic carbocycles. The molecule has 25 heavy (non-hydrogen) atoms. The standard InChI is InChI=1S/C19H20N2O3S/c1-14-12-16-9-10-17(13-18(16)20-19(14)22)21-25(23,24)11-5-8-15-6-3-2-4-7-15/h2-4,6-7,9-10,12-13,21H,5,8,11H2,1H3,(H,20,22). The molecule has 0 atom stereocenters. The molecule has 5 nitrogen and oxygen atoms in total. The smallest absolute Gasteiger partial charge is 0.251 e. The van der Waals surface area contributed by atoms with Crippen molar-refractivity contribution in [1.29, 1.82) is 0 Å². The third-order valence-corrected chi connectivity index (χ3v) is 5.40. The minimum Gasteiger partial charge on any atom is -0.322 e. The minimum atomic E-state index is -3.43. The number of fused-ring (bicyclic) bond motifs is 1. The molecule has 3 rings (SSSR count).